The second kappa shape index (κ2) is 6.89. The van der Waals surface area contributed by atoms with Crippen molar-refractivity contribution in [2.75, 3.05) is 0 Å². The number of hydrazone groups is 1. The molecule has 2 N–H and O–H groups in total. The van der Waals surface area contributed by atoms with Crippen LogP contribution in [-0.4, -0.2) is 21.6 Å². The van der Waals surface area contributed by atoms with Gasteiger partial charge in [0, 0.05) is 17.2 Å². The van der Waals surface area contributed by atoms with Crippen LogP contribution in [0.5, 0.6) is 5.75 Å². The van der Waals surface area contributed by atoms with Crippen LogP contribution >= 0.6 is 11.6 Å². The highest BCUT2D eigenvalue weighted by Gasteiger charge is 2.11. The van der Waals surface area contributed by atoms with Crippen molar-refractivity contribution < 1.29 is 14.8 Å². The Hall–Kier alpha value is -2.93. The molecular weight excluding hydrogens is 322 g/mol. The Balaban J connectivity index is 2.13. The van der Waals surface area contributed by atoms with Crippen LogP contribution < -0.4 is 5.43 Å². The summed E-state index contributed by atoms with van der Waals surface area (Å²) >= 11 is 5.78. The molecule has 0 heterocycles. The molecule has 0 bridgehead atoms. The highest BCUT2D eigenvalue weighted by atomic mass is 35.5. The Kier molecular flexibility index (Phi) is 4.92. The summed E-state index contributed by atoms with van der Waals surface area (Å²) in [6.45, 7) is 1.64. The molecule has 0 saturated carbocycles. The molecule has 0 spiro atoms. The number of phenols is 1. The summed E-state index contributed by atoms with van der Waals surface area (Å²) in [6.07, 6.45) is 0. The summed E-state index contributed by atoms with van der Waals surface area (Å²) < 4.78 is 0. The van der Waals surface area contributed by atoms with E-state index in [-0.39, 0.29) is 17.0 Å². The zero-order valence-electron chi connectivity index (χ0n) is 12.0. The van der Waals surface area contributed by atoms with E-state index in [0.29, 0.717) is 16.3 Å². The number of carbonyl (C=O) groups excluding carboxylic acids is 1. The minimum absolute atomic E-state index is 0.00208. The van der Waals surface area contributed by atoms with E-state index < -0.39 is 10.8 Å². The fourth-order valence-electron chi connectivity index (χ4n) is 1.77. The number of nitrogens with one attached hydrogen (secondary N) is 1. The lowest BCUT2D eigenvalue weighted by Crippen LogP contribution is -2.19. The van der Waals surface area contributed by atoms with Crippen LogP contribution in [0.25, 0.3) is 0 Å². The van der Waals surface area contributed by atoms with E-state index in [1.54, 1.807) is 6.92 Å². The highest BCUT2D eigenvalue weighted by Crippen LogP contribution is 2.21. The van der Waals surface area contributed by atoms with Crippen LogP contribution in [-0.2, 0) is 0 Å². The van der Waals surface area contributed by atoms with Crippen molar-refractivity contribution in [1.82, 2.24) is 5.43 Å². The summed E-state index contributed by atoms with van der Waals surface area (Å²) in [5, 5.41) is 24.5. The van der Waals surface area contributed by atoms with Gasteiger partial charge in [0.2, 0.25) is 0 Å². The molecule has 0 unspecified atom stereocenters. The zero-order chi connectivity index (χ0) is 17.0. The SMILES string of the molecule is C/C(=N\NC(=O)c1cc(Cl)ccc1O)c1ccc([N+](=O)[O-])cc1. The Morgan fingerprint density at radius 3 is 2.52 bits per heavy atom. The number of aromatic hydroxyl groups is 1. The van der Waals surface area contributed by atoms with Gasteiger partial charge in [-0.15, -0.1) is 0 Å². The minimum Gasteiger partial charge on any atom is -0.507 e. The van der Waals surface area contributed by atoms with Crippen LogP contribution in [0, 0.1) is 10.1 Å². The number of rotatable bonds is 4. The third-order valence-corrected chi connectivity index (χ3v) is 3.26. The molecule has 0 aliphatic heterocycles. The zero-order valence-corrected chi connectivity index (χ0v) is 12.7. The van der Waals surface area contributed by atoms with E-state index in [0.717, 1.165) is 0 Å². The van der Waals surface area contributed by atoms with E-state index in [1.807, 2.05) is 0 Å². The molecule has 7 nitrogen and oxygen atoms in total. The number of nitro benzene ring substituents is 1. The molecule has 0 saturated heterocycles. The summed E-state index contributed by atoms with van der Waals surface area (Å²) in [5.41, 5.74) is 3.33. The molecule has 0 fully saturated rings. The molecule has 0 aliphatic rings. The average Bonchev–Trinajstić information content (AvgIpc) is 2.54. The smallest absolute Gasteiger partial charge is 0.275 e. The molecule has 0 aromatic heterocycles. The van der Waals surface area contributed by atoms with Crippen molar-refractivity contribution >= 4 is 28.9 Å². The van der Waals surface area contributed by atoms with Gasteiger partial charge in [0.1, 0.15) is 5.75 Å². The lowest BCUT2D eigenvalue weighted by atomic mass is 10.1. The molecule has 2 rings (SSSR count). The van der Waals surface area contributed by atoms with Crippen molar-refractivity contribution in [3.63, 3.8) is 0 Å². The molecule has 0 radical (unpaired) electrons. The number of hydrogen-bond acceptors (Lipinski definition) is 5. The molecule has 2 aromatic carbocycles. The predicted octanol–water partition coefficient (Wildman–Crippen LogP) is 3.11. The van der Waals surface area contributed by atoms with E-state index >= 15 is 0 Å². The second-order valence-electron chi connectivity index (χ2n) is 4.60. The number of hydrogen-bond donors (Lipinski definition) is 2. The van der Waals surface area contributed by atoms with Gasteiger partial charge in [-0.25, -0.2) is 5.43 Å². The number of phenolic OH excluding ortho intramolecular Hbond substituents is 1. The first-order chi connectivity index (χ1) is 10.9. The summed E-state index contributed by atoms with van der Waals surface area (Å²) in [6, 6.07) is 9.84. The van der Waals surface area contributed by atoms with Gasteiger partial charge >= 0.3 is 0 Å². The fourth-order valence-corrected chi connectivity index (χ4v) is 1.95. The van der Waals surface area contributed by atoms with E-state index in [2.05, 4.69) is 10.5 Å². The van der Waals surface area contributed by atoms with Crippen molar-refractivity contribution in [2.45, 2.75) is 6.92 Å². The number of amides is 1. The van der Waals surface area contributed by atoms with Gasteiger partial charge in [-0.3, -0.25) is 14.9 Å². The lowest BCUT2D eigenvalue weighted by molar-refractivity contribution is -0.384. The van der Waals surface area contributed by atoms with E-state index in [1.165, 1.54) is 42.5 Å². The van der Waals surface area contributed by atoms with Crippen LogP contribution in [0.2, 0.25) is 5.02 Å². The molecule has 8 heteroatoms. The minimum atomic E-state index is -0.619. The standard InChI is InChI=1S/C15H12ClN3O4/c1-9(10-2-5-12(6-3-10)19(22)23)17-18-15(21)13-8-11(16)4-7-14(13)20/h2-8,20H,1H3,(H,18,21)/b17-9+. The van der Waals surface area contributed by atoms with Crippen LogP contribution in [0.3, 0.4) is 0 Å². The van der Waals surface area contributed by atoms with Gasteiger partial charge in [-0.1, -0.05) is 11.6 Å². The van der Waals surface area contributed by atoms with Crippen LogP contribution in [0.1, 0.15) is 22.8 Å². The topological polar surface area (TPSA) is 105 Å². The summed E-state index contributed by atoms with van der Waals surface area (Å²) in [4.78, 5) is 22.1. The second-order valence-corrected chi connectivity index (χ2v) is 5.04. The maximum absolute atomic E-state index is 12.0. The van der Waals surface area contributed by atoms with E-state index in [9.17, 15) is 20.0 Å². The van der Waals surface area contributed by atoms with E-state index in [4.69, 9.17) is 11.6 Å². The van der Waals surface area contributed by atoms with Crippen molar-refractivity contribution in [3.05, 3.63) is 68.7 Å². The number of nitrogens with zero attached hydrogens (tertiary/aromatic N) is 2. The third kappa shape index (κ3) is 4.04. The van der Waals surface area contributed by atoms with Crippen LogP contribution in [0.4, 0.5) is 5.69 Å². The van der Waals surface area contributed by atoms with Gasteiger partial charge in [0.05, 0.1) is 16.2 Å². The number of nitro groups is 1. The summed E-state index contributed by atoms with van der Waals surface area (Å²) in [5.74, 6) is -0.832. The van der Waals surface area contributed by atoms with Crippen molar-refractivity contribution in [3.8, 4) is 5.75 Å². The van der Waals surface area contributed by atoms with Gasteiger partial charge in [0.15, 0.2) is 0 Å². The first-order valence-electron chi connectivity index (χ1n) is 6.46. The Labute approximate surface area is 136 Å². The normalized spacial score (nSPS) is 11.1. The Bertz CT molecular complexity index is 788. The first kappa shape index (κ1) is 16.4. The molecule has 2 aromatic rings. The largest absolute Gasteiger partial charge is 0.507 e. The third-order valence-electron chi connectivity index (χ3n) is 3.02. The molecule has 1 amide bonds. The van der Waals surface area contributed by atoms with Gasteiger partial charge in [0.25, 0.3) is 11.6 Å². The fraction of sp³-hybridized carbons (Fsp3) is 0.0667. The number of halogens is 1. The monoisotopic (exact) mass is 333 g/mol. The number of non-ortho nitro benzene ring substituents is 1. The van der Waals surface area contributed by atoms with Gasteiger partial charge < -0.3 is 5.11 Å². The van der Waals surface area contributed by atoms with Crippen LogP contribution in [0.15, 0.2) is 47.6 Å². The molecule has 23 heavy (non-hydrogen) atoms. The predicted molar refractivity (Wildman–Crippen MR) is 85.9 cm³/mol. The van der Waals surface area contributed by atoms with Gasteiger partial charge in [-0.05, 0) is 42.8 Å². The Morgan fingerprint density at radius 2 is 1.91 bits per heavy atom. The molecular formula is C15H12ClN3O4. The molecule has 118 valence electrons. The lowest BCUT2D eigenvalue weighted by Gasteiger charge is -2.05. The van der Waals surface area contributed by atoms with Crippen molar-refractivity contribution in [1.29, 1.82) is 0 Å². The number of benzene rings is 2. The maximum atomic E-state index is 12.0. The Morgan fingerprint density at radius 1 is 1.26 bits per heavy atom. The molecule has 0 atom stereocenters. The number of carbonyl (C=O) groups is 1. The molecule has 0 aliphatic carbocycles. The van der Waals surface area contributed by atoms with Crippen molar-refractivity contribution in [2.24, 2.45) is 5.10 Å². The maximum Gasteiger partial charge on any atom is 0.275 e. The quantitative estimate of drug-likeness (QED) is 0.509. The first-order valence-corrected chi connectivity index (χ1v) is 6.84. The highest BCUT2D eigenvalue weighted by molar-refractivity contribution is 6.31. The average molecular weight is 334 g/mol. The summed E-state index contributed by atoms with van der Waals surface area (Å²) in [7, 11) is 0. The van der Waals surface area contributed by atoms with Gasteiger partial charge in [-0.2, -0.15) is 5.10 Å².